The first-order valence-corrected chi connectivity index (χ1v) is 7.68. The van der Waals surface area contributed by atoms with E-state index in [1.165, 1.54) is 31.7 Å². The Kier molecular flexibility index (Phi) is 5.04. The lowest BCUT2D eigenvalue weighted by molar-refractivity contribution is -0.384. The lowest BCUT2D eigenvalue weighted by Gasteiger charge is -2.11. The fourth-order valence-electron chi connectivity index (χ4n) is 2.54. The van der Waals surface area contributed by atoms with Crippen LogP contribution >= 0.6 is 11.8 Å². The maximum atomic E-state index is 10.9. The van der Waals surface area contributed by atoms with Crippen molar-refractivity contribution in [2.75, 3.05) is 11.2 Å². The van der Waals surface area contributed by atoms with E-state index in [1.54, 1.807) is 6.07 Å². The standard InChI is InChI=1S/C13H19N3O2S/c14-15-13-11(6-3-7-12(13)16(17)18)9-19-8-10-4-1-2-5-10/h3,6-7,10,15H,1-2,4-5,8-9,14H2. The highest BCUT2D eigenvalue weighted by atomic mass is 32.2. The Morgan fingerprint density at radius 3 is 2.79 bits per heavy atom. The van der Waals surface area contributed by atoms with Crippen LogP contribution in [0.1, 0.15) is 31.2 Å². The minimum atomic E-state index is -0.402. The Morgan fingerprint density at radius 2 is 2.16 bits per heavy atom. The second-order valence-electron chi connectivity index (χ2n) is 4.88. The van der Waals surface area contributed by atoms with Gasteiger partial charge in [-0.2, -0.15) is 11.8 Å². The number of nitrogens with two attached hydrogens (primary N) is 1. The van der Waals surface area contributed by atoms with Crippen LogP contribution in [0.4, 0.5) is 11.4 Å². The van der Waals surface area contributed by atoms with Gasteiger partial charge in [-0.15, -0.1) is 0 Å². The first-order chi connectivity index (χ1) is 9.22. The summed E-state index contributed by atoms with van der Waals surface area (Å²) in [5.74, 6) is 8.13. The quantitative estimate of drug-likeness (QED) is 0.475. The highest BCUT2D eigenvalue weighted by Crippen LogP contribution is 2.33. The van der Waals surface area contributed by atoms with Crippen molar-refractivity contribution in [2.24, 2.45) is 11.8 Å². The van der Waals surface area contributed by atoms with Crippen LogP contribution in [0.3, 0.4) is 0 Å². The second-order valence-corrected chi connectivity index (χ2v) is 5.91. The fraction of sp³-hybridized carbons (Fsp3) is 0.538. The molecule has 19 heavy (non-hydrogen) atoms. The van der Waals surface area contributed by atoms with Crippen LogP contribution in [0, 0.1) is 16.0 Å². The molecule has 1 saturated carbocycles. The predicted molar refractivity (Wildman–Crippen MR) is 79.0 cm³/mol. The largest absolute Gasteiger partial charge is 0.318 e. The average molecular weight is 281 g/mol. The Morgan fingerprint density at radius 1 is 1.42 bits per heavy atom. The molecule has 1 fully saturated rings. The van der Waals surface area contributed by atoms with E-state index in [2.05, 4.69) is 5.43 Å². The van der Waals surface area contributed by atoms with E-state index in [4.69, 9.17) is 5.84 Å². The molecule has 1 aromatic rings. The van der Waals surface area contributed by atoms with Crippen LogP contribution in [0.5, 0.6) is 0 Å². The van der Waals surface area contributed by atoms with Gasteiger partial charge in [0, 0.05) is 11.8 Å². The summed E-state index contributed by atoms with van der Waals surface area (Å²) in [6.07, 6.45) is 5.34. The molecule has 0 bridgehead atoms. The zero-order valence-electron chi connectivity index (χ0n) is 10.8. The summed E-state index contributed by atoms with van der Waals surface area (Å²) in [5.41, 5.74) is 3.85. The van der Waals surface area contributed by atoms with Gasteiger partial charge in [0.15, 0.2) is 0 Å². The molecule has 0 radical (unpaired) electrons. The highest BCUT2D eigenvalue weighted by Gasteiger charge is 2.18. The van der Waals surface area contributed by atoms with E-state index >= 15 is 0 Å². The molecule has 104 valence electrons. The minimum absolute atomic E-state index is 0.0430. The number of rotatable bonds is 6. The number of para-hydroxylation sites is 1. The molecule has 0 saturated heterocycles. The summed E-state index contributed by atoms with van der Waals surface area (Å²) in [6.45, 7) is 0. The molecule has 0 amide bonds. The van der Waals surface area contributed by atoms with Crippen LogP contribution in [0.25, 0.3) is 0 Å². The summed E-state index contributed by atoms with van der Waals surface area (Å²) >= 11 is 1.84. The van der Waals surface area contributed by atoms with E-state index < -0.39 is 4.92 Å². The van der Waals surface area contributed by atoms with Gasteiger partial charge in [0.25, 0.3) is 5.69 Å². The van der Waals surface area contributed by atoms with Crippen LogP contribution in [0.15, 0.2) is 18.2 Å². The molecule has 0 unspecified atom stereocenters. The van der Waals surface area contributed by atoms with E-state index in [1.807, 2.05) is 17.8 Å². The molecule has 5 nitrogen and oxygen atoms in total. The number of hydrogen-bond donors (Lipinski definition) is 2. The van der Waals surface area contributed by atoms with Gasteiger partial charge in [0.05, 0.1) is 4.92 Å². The lowest BCUT2D eigenvalue weighted by atomic mass is 10.1. The molecular formula is C13H19N3O2S. The van der Waals surface area contributed by atoms with Gasteiger partial charge in [-0.3, -0.25) is 16.0 Å². The normalized spacial score (nSPS) is 15.6. The van der Waals surface area contributed by atoms with Gasteiger partial charge < -0.3 is 5.43 Å². The summed E-state index contributed by atoms with van der Waals surface area (Å²) in [7, 11) is 0. The SMILES string of the molecule is NNc1c(CSCC2CCCC2)cccc1[N+](=O)[O-]. The Balaban J connectivity index is 1.98. The number of nitro groups is 1. The molecule has 6 heteroatoms. The molecule has 0 aliphatic heterocycles. The number of benzene rings is 1. The summed E-state index contributed by atoms with van der Waals surface area (Å²) in [5, 5.41) is 10.9. The van der Waals surface area contributed by atoms with E-state index in [0.29, 0.717) is 5.69 Å². The second kappa shape index (κ2) is 6.77. The highest BCUT2D eigenvalue weighted by molar-refractivity contribution is 7.98. The van der Waals surface area contributed by atoms with Gasteiger partial charge in [-0.1, -0.05) is 25.0 Å². The first kappa shape index (κ1) is 14.1. The molecule has 1 aliphatic rings. The van der Waals surface area contributed by atoms with Crippen LogP contribution in [0.2, 0.25) is 0 Å². The third kappa shape index (κ3) is 3.61. The van der Waals surface area contributed by atoms with E-state index in [-0.39, 0.29) is 5.69 Å². The Bertz CT molecular complexity index is 448. The van der Waals surface area contributed by atoms with Gasteiger partial charge in [0.2, 0.25) is 0 Å². The summed E-state index contributed by atoms with van der Waals surface area (Å²) < 4.78 is 0. The number of anilines is 1. The zero-order chi connectivity index (χ0) is 13.7. The van der Waals surface area contributed by atoms with Gasteiger partial charge >= 0.3 is 0 Å². The van der Waals surface area contributed by atoms with Crippen molar-refractivity contribution in [3.05, 3.63) is 33.9 Å². The first-order valence-electron chi connectivity index (χ1n) is 6.53. The van der Waals surface area contributed by atoms with Crippen molar-refractivity contribution in [1.82, 2.24) is 0 Å². The van der Waals surface area contributed by atoms with Crippen molar-refractivity contribution >= 4 is 23.1 Å². The van der Waals surface area contributed by atoms with E-state index in [9.17, 15) is 10.1 Å². The van der Waals surface area contributed by atoms with Gasteiger partial charge in [-0.25, -0.2) is 0 Å². The monoisotopic (exact) mass is 281 g/mol. The number of thioether (sulfide) groups is 1. The van der Waals surface area contributed by atoms with Gasteiger partial charge in [0.1, 0.15) is 5.69 Å². The van der Waals surface area contributed by atoms with Crippen molar-refractivity contribution in [2.45, 2.75) is 31.4 Å². The molecule has 1 aromatic carbocycles. The maximum absolute atomic E-state index is 10.9. The molecule has 0 atom stereocenters. The summed E-state index contributed by atoms with van der Waals surface area (Å²) in [4.78, 5) is 10.5. The smallest absolute Gasteiger partial charge is 0.293 e. The van der Waals surface area contributed by atoms with Crippen LogP contribution in [-0.2, 0) is 5.75 Å². The van der Waals surface area contributed by atoms with Gasteiger partial charge in [-0.05, 0) is 30.1 Å². The molecule has 0 aromatic heterocycles. The lowest BCUT2D eigenvalue weighted by Crippen LogP contribution is -2.11. The molecule has 0 heterocycles. The number of nitrogens with zero attached hydrogens (tertiary/aromatic N) is 1. The summed E-state index contributed by atoms with van der Waals surface area (Å²) in [6, 6.07) is 5.08. The number of hydrazine groups is 1. The Hall–Kier alpha value is -1.27. The van der Waals surface area contributed by atoms with Crippen molar-refractivity contribution in [3.63, 3.8) is 0 Å². The fourth-order valence-corrected chi connectivity index (χ4v) is 3.78. The zero-order valence-corrected chi connectivity index (χ0v) is 11.6. The number of nitrogens with one attached hydrogen (secondary N) is 1. The maximum Gasteiger partial charge on any atom is 0.293 e. The number of nitro benzene ring substituents is 1. The van der Waals surface area contributed by atoms with Crippen molar-refractivity contribution < 1.29 is 4.92 Å². The Labute approximate surface area is 117 Å². The topological polar surface area (TPSA) is 81.2 Å². The third-order valence-corrected chi connectivity index (χ3v) is 4.78. The van der Waals surface area contributed by atoms with Crippen molar-refractivity contribution in [3.8, 4) is 0 Å². The average Bonchev–Trinajstić information content (AvgIpc) is 2.91. The predicted octanol–water partition coefficient (Wildman–Crippen LogP) is 3.30. The number of hydrogen-bond acceptors (Lipinski definition) is 5. The van der Waals surface area contributed by atoms with Crippen LogP contribution in [-0.4, -0.2) is 10.7 Å². The third-order valence-electron chi connectivity index (χ3n) is 3.56. The molecule has 0 spiro atoms. The van der Waals surface area contributed by atoms with Crippen LogP contribution < -0.4 is 11.3 Å². The number of nitrogen functional groups attached to an aromatic ring is 1. The molecule has 3 N–H and O–H groups in total. The van der Waals surface area contributed by atoms with E-state index in [0.717, 1.165) is 23.0 Å². The molecule has 1 aliphatic carbocycles. The molecule has 2 rings (SSSR count). The van der Waals surface area contributed by atoms with Crippen molar-refractivity contribution in [1.29, 1.82) is 0 Å². The minimum Gasteiger partial charge on any atom is -0.318 e. The molecular weight excluding hydrogens is 262 g/mol.